The van der Waals surface area contributed by atoms with Gasteiger partial charge in [0, 0.05) is 17.3 Å². The molecule has 23 heavy (non-hydrogen) atoms. The Morgan fingerprint density at radius 2 is 1.96 bits per heavy atom. The maximum absolute atomic E-state index is 12.7. The third-order valence-electron chi connectivity index (χ3n) is 4.93. The van der Waals surface area contributed by atoms with Gasteiger partial charge in [-0.1, -0.05) is 19.8 Å². The summed E-state index contributed by atoms with van der Waals surface area (Å²) in [7, 11) is 0. The Hall–Kier alpha value is -1.36. The van der Waals surface area contributed by atoms with Gasteiger partial charge in [0.1, 0.15) is 5.00 Å². The summed E-state index contributed by atoms with van der Waals surface area (Å²) in [5.74, 6) is 0.226. The fourth-order valence-electron chi connectivity index (χ4n) is 3.25. The van der Waals surface area contributed by atoms with Crippen LogP contribution in [-0.4, -0.2) is 18.4 Å². The first-order valence-corrected chi connectivity index (χ1v) is 9.76. The van der Waals surface area contributed by atoms with Crippen LogP contribution in [0, 0.1) is 5.92 Å². The number of amides is 2. The van der Waals surface area contributed by atoms with Gasteiger partial charge >= 0.3 is 0 Å². The largest absolute Gasteiger partial charge is 0.352 e. The fraction of sp³-hybridized carbons (Fsp3) is 0.667. The average Bonchev–Trinajstić information content (AvgIpc) is 2.83. The second kappa shape index (κ2) is 7.47. The van der Waals surface area contributed by atoms with Gasteiger partial charge in [-0.05, 0) is 50.5 Å². The number of unbranched alkanes of at least 4 members (excludes halogenated alkanes) is 1. The standard InChI is InChI=1S/C18H26N2O2S/c1-2-3-11-19-17(22)15-13-9-4-5-10-14(13)23-18(15)20-16(21)12-7-6-8-12/h12H,2-11H2,1H3,(H,19,22)(H,20,21). The maximum atomic E-state index is 12.7. The average molecular weight is 334 g/mol. The summed E-state index contributed by atoms with van der Waals surface area (Å²) in [5.41, 5.74) is 1.92. The highest BCUT2D eigenvalue weighted by Crippen LogP contribution is 2.39. The lowest BCUT2D eigenvalue weighted by atomic mass is 9.85. The lowest BCUT2D eigenvalue weighted by Crippen LogP contribution is -2.30. The van der Waals surface area contributed by atoms with Crippen LogP contribution in [0.5, 0.6) is 0 Å². The van der Waals surface area contributed by atoms with Crippen molar-refractivity contribution in [1.82, 2.24) is 5.32 Å². The highest BCUT2D eigenvalue weighted by Gasteiger charge is 2.30. The van der Waals surface area contributed by atoms with Crippen molar-refractivity contribution in [3.05, 3.63) is 16.0 Å². The van der Waals surface area contributed by atoms with E-state index in [0.717, 1.165) is 61.9 Å². The SMILES string of the molecule is CCCCNC(=O)c1c(NC(=O)C2CCC2)sc2c1CCCC2. The van der Waals surface area contributed by atoms with Crippen molar-refractivity contribution in [2.24, 2.45) is 5.92 Å². The Balaban J connectivity index is 1.80. The topological polar surface area (TPSA) is 58.2 Å². The molecule has 4 nitrogen and oxygen atoms in total. The summed E-state index contributed by atoms with van der Waals surface area (Å²) in [5, 5.41) is 6.86. The molecule has 126 valence electrons. The molecule has 0 spiro atoms. The van der Waals surface area contributed by atoms with Crippen molar-refractivity contribution in [1.29, 1.82) is 0 Å². The summed E-state index contributed by atoms with van der Waals surface area (Å²) in [6.45, 7) is 2.82. The molecule has 0 aliphatic heterocycles. The Morgan fingerprint density at radius 3 is 2.65 bits per heavy atom. The third-order valence-corrected chi connectivity index (χ3v) is 6.13. The van der Waals surface area contributed by atoms with E-state index in [1.165, 1.54) is 16.9 Å². The van der Waals surface area contributed by atoms with E-state index in [0.29, 0.717) is 6.54 Å². The zero-order valence-corrected chi connectivity index (χ0v) is 14.7. The zero-order valence-electron chi connectivity index (χ0n) is 13.9. The van der Waals surface area contributed by atoms with Crippen molar-refractivity contribution in [3.63, 3.8) is 0 Å². The molecular weight excluding hydrogens is 308 g/mol. The molecule has 1 saturated carbocycles. The van der Waals surface area contributed by atoms with E-state index in [1.54, 1.807) is 11.3 Å². The smallest absolute Gasteiger partial charge is 0.254 e. The van der Waals surface area contributed by atoms with Crippen LogP contribution in [0.4, 0.5) is 5.00 Å². The summed E-state index contributed by atoms with van der Waals surface area (Å²) >= 11 is 1.62. The van der Waals surface area contributed by atoms with Crippen LogP contribution in [0.1, 0.15) is 72.7 Å². The first kappa shape index (κ1) is 16.5. The van der Waals surface area contributed by atoms with Gasteiger partial charge in [-0.2, -0.15) is 0 Å². The maximum Gasteiger partial charge on any atom is 0.254 e. The number of carbonyl (C=O) groups is 2. The normalized spacial score (nSPS) is 17.3. The molecule has 0 saturated heterocycles. The summed E-state index contributed by atoms with van der Waals surface area (Å²) < 4.78 is 0. The lowest BCUT2D eigenvalue weighted by Gasteiger charge is -2.24. The van der Waals surface area contributed by atoms with E-state index in [4.69, 9.17) is 0 Å². The van der Waals surface area contributed by atoms with Crippen LogP contribution in [-0.2, 0) is 17.6 Å². The van der Waals surface area contributed by atoms with Gasteiger partial charge in [0.2, 0.25) is 5.91 Å². The molecule has 0 radical (unpaired) electrons. The number of rotatable bonds is 6. The van der Waals surface area contributed by atoms with Crippen molar-refractivity contribution in [2.75, 3.05) is 11.9 Å². The molecule has 2 amide bonds. The molecule has 1 aromatic rings. The molecule has 1 fully saturated rings. The Morgan fingerprint density at radius 1 is 1.17 bits per heavy atom. The third kappa shape index (κ3) is 3.60. The van der Waals surface area contributed by atoms with Gasteiger partial charge in [-0.15, -0.1) is 11.3 Å². The number of fused-ring (bicyclic) bond motifs is 1. The van der Waals surface area contributed by atoms with E-state index in [-0.39, 0.29) is 17.7 Å². The quantitative estimate of drug-likeness (QED) is 0.775. The Kier molecular flexibility index (Phi) is 5.36. The monoisotopic (exact) mass is 334 g/mol. The van der Waals surface area contributed by atoms with Gasteiger partial charge in [-0.25, -0.2) is 0 Å². The molecule has 5 heteroatoms. The number of thiophene rings is 1. The number of anilines is 1. The van der Waals surface area contributed by atoms with E-state index in [2.05, 4.69) is 17.6 Å². The van der Waals surface area contributed by atoms with E-state index in [9.17, 15) is 9.59 Å². The second-order valence-corrected chi connectivity index (χ2v) is 7.75. The fourth-order valence-corrected chi connectivity index (χ4v) is 4.54. The number of aryl methyl sites for hydroxylation is 1. The molecule has 2 aliphatic rings. The van der Waals surface area contributed by atoms with Gasteiger partial charge in [0.15, 0.2) is 0 Å². The van der Waals surface area contributed by atoms with Crippen molar-refractivity contribution in [3.8, 4) is 0 Å². The van der Waals surface area contributed by atoms with E-state index >= 15 is 0 Å². The highest BCUT2D eigenvalue weighted by atomic mass is 32.1. The minimum absolute atomic E-state index is 0.0123. The van der Waals surface area contributed by atoms with Crippen molar-refractivity contribution >= 4 is 28.2 Å². The van der Waals surface area contributed by atoms with Crippen molar-refractivity contribution in [2.45, 2.75) is 64.7 Å². The van der Waals surface area contributed by atoms with Crippen molar-refractivity contribution < 1.29 is 9.59 Å². The Bertz CT molecular complexity index is 590. The molecule has 0 aromatic carbocycles. The molecule has 3 rings (SSSR count). The number of hydrogen-bond acceptors (Lipinski definition) is 3. The lowest BCUT2D eigenvalue weighted by molar-refractivity contribution is -0.122. The van der Waals surface area contributed by atoms with Crippen LogP contribution < -0.4 is 10.6 Å². The predicted octanol–water partition coefficient (Wildman–Crippen LogP) is 3.90. The molecular formula is C18H26N2O2S. The minimum Gasteiger partial charge on any atom is -0.352 e. The molecule has 2 aliphatic carbocycles. The molecule has 0 unspecified atom stereocenters. The summed E-state index contributed by atoms with van der Waals surface area (Å²) in [4.78, 5) is 26.3. The molecule has 0 bridgehead atoms. The first-order chi connectivity index (χ1) is 11.2. The predicted molar refractivity (Wildman–Crippen MR) is 94.2 cm³/mol. The van der Waals surface area contributed by atoms with Crippen LogP contribution in [0.2, 0.25) is 0 Å². The van der Waals surface area contributed by atoms with Crippen LogP contribution >= 0.6 is 11.3 Å². The van der Waals surface area contributed by atoms with Gasteiger partial charge < -0.3 is 10.6 Å². The zero-order chi connectivity index (χ0) is 16.2. The molecule has 1 heterocycles. The van der Waals surface area contributed by atoms with Crippen LogP contribution in [0.3, 0.4) is 0 Å². The van der Waals surface area contributed by atoms with Crippen LogP contribution in [0.25, 0.3) is 0 Å². The molecule has 0 atom stereocenters. The highest BCUT2D eigenvalue weighted by molar-refractivity contribution is 7.17. The number of carbonyl (C=O) groups excluding carboxylic acids is 2. The van der Waals surface area contributed by atoms with Gasteiger partial charge in [0.25, 0.3) is 5.91 Å². The first-order valence-electron chi connectivity index (χ1n) is 8.94. The van der Waals surface area contributed by atoms with Gasteiger partial charge in [-0.3, -0.25) is 9.59 Å². The minimum atomic E-state index is -0.0123. The molecule has 2 N–H and O–H groups in total. The number of nitrogens with one attached hydrogen (secondary N) is 2. The Labute approximate surface area is 142 Å². The van der Waals surface area contributed by atoms with E-state index < -0.39 is 0 Å². The summed E-state index contributed by atoms with van der Waals surface area (Å²) in [6.07, 6.45) is 9.47. The second-order valence-electron chi connectivity index (χ2n) is 6.64. The van der Waals surface area contributed by atoms with Gasteiger partial charge in [0.05, 0.1) is 5.56 Å². The molecule has 1 aromatic heterocycles. The number of hydrogen-bond donors (Lipinski definition) is 2. The van der Waals surface area contributed by atoms with E-state index in [1.807, 2.05) is 0 Å². The summed E-state index contributed by atoms with van der Waals surface area (Å²) in [6, 6.07) is 0. The van der Waals surface area contributed by atoms with Crippen LogP contribution in [0.15, 0.2) is 0 Å².